The first kappa shape index (κ1) is 38.1. The molecule has 0 bridgehead atoms. The van der Waals surface area contributed by atoms with Crippen LogP contribution in [0.3, 0.4) is 0 Å². The summed E-state index contributed by atoms with van der Waals surface area (Å²) in [5, 5.41) is 6.82. The molecule has 0 radical (unpaired) electrons. The Labute approximate surface area is 285 Å². The van der Waals surface area contributed by atoms with Gasteiger partial charge in [-0.05, 0) is 81.1 Å². The summed E-state index contributed by atoms with van der Waals surface area (Å²) in [6, 6.07) is 6.59. The number of amides is 1. The van der Waals surface area contributed by atoms with Gasteiger partial charge in [-0.15, -0.1) is 11.3 Å². The molecule has 3 aromatic rings. The molecule has 1 aromatic carbocycles. The van der Waals surface area contributed by atoms with Crippen LogP contribution in [-0.4, -0.2) is 34.1 Å². The topological polar surface area (TPSA) is 119 Å². The number of aldehydes is 1. The van der Waals surface area contributed by atoms with E-state index in [2.05, 4.69) is 87.7 Å². The van der Waals surface area contributed by atoms with E-state index >= 15 is 0 Å². The number of hydrogen-bond donors (Lipinski definition) is 3. The summed E-state index contributed by atoms with van der Waals surface area (Å²) < 4.78 is 2.41. The number of carbonyl (C=O) groups is 3. The van der Waals surface area contributed by atoms with Crippen molar-refractivity contribution in [3.63, 3.8) is 0 Å². The number of nitrogens with two attached hydrogens (primary N) is 1. The molecule has 0 aliphatic carbocycles. The maximum Gasteiger partial charge on any atom is 0.220 e. The smallest absolute Gasteiger partial charge is 0.220 e. The number of rotatable bonds is 20. The lowest BCUT2D eigenvalue weighted by Gasteiger charge is -2.24. The van der Waals surface area contributed by atoms with Gasteiger partial charge < -0.3 is 14.7 Å². The molecule has 0 saturated heterocycles. The Bertz CT molecular complexity index is 1580. The number of nitrogens with zero attached hydrogens (tertiary/aromatic N) is 2. The second-order valence-corrected chi connectivity index (χ2v) is 14.5. The Balaban J connectivity index is 2.05. The summed E-state index contributed by atoms with van der Waals surface area (Å²) in [6.07, 6.45) is 8.96. The third-order valence-electron chi connectivity index (χ3n) is 9.24. The van der Waals surface area contributed by atoms with Gasteiger partial charge in [-0.2, -0.15) is 0 Å². The van der Waals surface area contributed by atoms with Gasteiger partial charge in [-0.25, -0.2) is 4.98 Å². The van der Waals surface area contributed by atoms with Gasteiger partial charge >= 0.3 is 0 Å². The molecule has 47 heavy (non-hydrogen) atoms. The van der Waals surface area contributed by atoms with Crippen LogP contribution in [0.5, 0.6) is 0 Å². The van der Waals surface area contributed by atoms with E-state index in [1.807, 2.05) is 5.38 Å². The Hall–Kier alpha value is -3.40. The van der Waals surface area contributed by atoms with Gasteiger partial charge in [0.25, 0.3) is 0 Å². The van der Waals surface area contributed by atoms with E-state index < -0.39 is 5.92 Å². The highest BCUT2D eigenvalue weighted by Gasteiger charge is 2.26. The highest BCUT2D eigenvalue weighted by Crippen LogP contribution is 2.38. The maximum absolute atomic E-state index is 13.3. The highest BCUT2D eigenvalue weighted by molar-refractivity contribution is 7.10. The van der Waals surface area contributed by atoms with Crippen LogP contribution < -0.4 is 16.6 Å². The van der Waals surface area contributed by atoms with Gasteiger partial charge in [0.1, 0.15) is 12.1 Å². The molecule has 9 heteroatoms. The zero-order valence-corrected chi connectivity index (χ0v) is 30.3. The van der Waals surface area contributed by atoms with Crippen molar-refractivity contribution in [3.05, 3.63) is 57.7 Å². The fourth-order valence-electron chi connectivity index (χ4n) is 6.15. The Morgan fingerprint density at radius 3 is 2.57 bits per heavy atom. The largest absolute Gasteiger partial charge is 0.341 e. The lowest BCUT2D eigenvalue weighted by molar-refractivity contribution is -0.122. The molecule has 8 nitrogen and oxygen atoms in total. The van der Waals surface area contributed by atoms with Crippen LogP contribution in [0.2, 0.25) is 0 Å². The molecule has 3 rings (SSSR count). The normalized spacial score (nSPS) is 13.5. The molecule has 2 unspecified atom stereocenters. The minimum Gasteiger partial charge on any atom is -0.341 e. The van der Waals surface area contributed by atoms with Crippen molar-refractivity contribution in [1.82, 2.24) is 20.3 Å². The van der Waals surface area contributed by atoms with E-state index in [4.69, 9.17) is 10.8 Å². The van der Waals surface area contributed by atoms with Gasteiger partial charge in [0.15, 0.2) is 0 Å². The molecule has 0 saturated carbocycles. The van der Waals surface area contributed by atoms with Gasteiger partial charge in [0.2, 0.25) is 5.91 Å². The molecule has 1 amide bonds. The Kier molecular flexibility index (Phi) is 14.3. The van der Waals surface area contributed by atoms with E-state index in [-0.39, 0.29) is 17.1 Å². The van der Waals surface area contributed by atoms with E-state index in [0.29, 0.717) is 43.8 Å². The van der Waals surface area contributed by atoms with Crippen LogP contribution in [0.25, 0.3) is 28.2 Å². The molecular weight excluding hydrogens is 607 g/mol. The first-order chi connectivity index (χ1) is 22.3. The van der Waals surface area contributed by atoms with Crippen molar-refractivity contribution in [1.29, 1.82) is 0 Å². The molecule has 0 aliphatic heterocycles. The third kappa shape index (κ3) is 10.3. The number of hydrazine groups is 1. The van der Waals surface area contributed by atoms with Crippen molar-refractivity contribution in [2.45, 2.75) is 106 Å². The number of allylic oxidation sites excluding steroid dienone is 2. The van der Waals surface area contributed by atoms with Crippen LogP contribution in [0.4, 0.5) is 0 Å². The molecule has 0 fully saturated rings. The lowest BCUT2D eigenvalue weighted by atomic mass is 9.80. The van der Waals surface area contributed by atoms with Crippen LogP contribution >= 0.6 is 11.3 Å². The fraction of sp³-hybridized carbons (Fsp3) is 0.526. The Morgan fingerprint density at radius 2 is 1.94 bits per heavy atom. The van der Waals surface area contributed by atoms with Crippen LogP contribution in [0, 0.1) is 17.3 Å². The number of nitrogens with one attached hydrogen (secondary N) is 2. The monoisotopic (exact) mass is 661 g/mol. The third-order valence-corrected chi connectivity index (χ3v) is 10.1. The number of unbranched alkanes of at least 4 members (excludes halogenated alkanes) is 1. The second kappa shape index (κ2) is 17.7. The minimum absolute atomic E-state index is 0.0370. The summed E-state index contributed by atoms with van der Waals surface area (Å²) >= 11 is 1.52. The Morgan fingerprint density at radius 1 is 1.19 bits per heavy atom. The van der Waals surface area contributed by atoms with Gasteiger partial charge in [0.05, 0.1) is 16.6 Å². The highest BCUT2D eigenvalue weighted by atomic mass is 32.1. The van der Waals surface area contributed by atoms with Crippen molar-refractivity contribution < 1.29 is 14.4 Å². The molecule has 2 atom stereocenters. The number of thiazole rings is 1. The molecule has 256 valence electrons. The van der Waals surface area contributed by atoms with Crippen LogP contribution in [0.1, 0.15) is 103 Å². The fourth-order valence-corrected chi connectivity index (χ4v) is 7.00. The average Bonchev–Trinajstić information content (AvgIpc) is 3.61. The van der Waals surface area contributed by atoms with E-state index in [9.17, 15) is 14.4 Å². The van der Waals surface area contributed by atoms with E-state index in [1.165, 1.54) is 46.0 Å². The van der Waals surface area contributed by atoms with Crippen LogP contribution in [0.15, 0.2) is 41.4 Å². The number of aryl methyl sites for hydroxylation is 1. The van der Waals surface area contributed by atoms with E-state index in [1.54, 1.807) is 0 Å². The lowest BCUT2D eigenvalue weighted by Crippen LogP contribution is -2.30. The molecular formula is C38H55N5O3S. The summed E-state index contributed by atoms with van der Waals surface area (Å²) in [7, 11) is 0. The molecule has 4 N–H and O–H groups in total. The maximum atomic E-state index is 13.3. The zero-order valence-electron chi connectivity index (χ0n) is 29.5. The summed E-state index contributed by atoms with van der Waals surface area (Å²) in [6.45, 7) is 20.4. The van der Waals surface area contributed by atoms with Gasteiger partial charge in [-0.1, -0.05) is 45.9 Å². The average molecular weight is 662 g/mol. The first-order valence-corrected chi connectivity index (χ1v) is 17.9. The van der Waals surface area contributed by atoms with Crippen molar-refractivity contribution >= 4 is 46.3 Å². The number of carbonyl (C=O) groups excluding carboxylic acids is 3. The number of benzene rings is 1. The quantitative estimate of drug-likeness (QED) is 0.0492. The predicted octanol–water partition coefficient (Wildman–Crippen LogP) is 7.79. The number of Topliss-reactive ketones (excluding diaryl/α,β-unsaturated/α-hetero) is 1. The summed E-state index contributed by atoms with van der Waals surface area (Å²) in [4.78, 5) is 41.3. The summed E-state index contributed by atoms with van der Waals surface area (Å²) in [5.41, 5.74) is 9.97. The molecule has 0 spiro atoms. The van der Waals surface area contributed by atoms with Crippen molar-refractivity contribution in [2.24, 2.45) is 23.1 Å². The number of fused-ring (bicyclic) bond motifs is 1. The SMILES string of the molecule is C=C(NC(C)=O)C(Cc1nc(-c2ccc3c(c2)c(CC(C)(C)CCC=O)c(/C=C(/C)C(C)CC)n3CC)cs1)C(=O)CCCCNN. The number of ketones is 1. The second-order valence-electron chi connectivity index (χ2n) is 13.6. The first-order valence-electron chi connectivity index (χ1n) is 17.0. The molecule has 2 aromatic heterocycles. The number of aromatic nitrogens is 2. The predicted molar refractivity (Wildman–Crippen MR) is 196 cm³/mol. The zero-order chi connectivity index (χ0) is 34.7. The van der Waals surface area contributed by atoms with Crippen molar-refractivity contribution in [2.75, 3.05) is 6.54 Å². The number of hydrogen-bond acceptors (Lipinski definition) is 7. The van der Waals surface area contributed by atoms with Crippen molar-refractivity contribution in [3.8, 4) is 11.3 Å². The van der Waals surface area contributed by atoms with E-state index in [0.717, 1.165) is 54.8 Å². The van der Waals surface area contributed by atoms with Gasteiger partial charge in [0, 0.05) is 72.5 Å². The minimum atomic E-state index is -0.548. The molecule has 2 heterocycles. The summed E-state index contributed by atoms with van der Waals surface area (Å²) in [5.74, 6) is 5.11. The van der Waals surface area contributed by atoms with Crippen LogP contribution in [-0.2, 0) is 33.8 Å². The standard InChI is InChI=1S/C38H55N5O3S/c1-9-25(3)26(4)20-35-32(23-38(7,8)17-13-19-44)31-21-29(15-16-34(31)43(35)10-2)33-24-47-37(42-33)22-30(27(5)41-28(6)45)36(46)14-11-12-18-40-39/h15-16,19-21,24-25,30,40H,5,9-14,17-18,22-23,39H2,1-4,6-8H3,(H,41,45)/b26-20-. The molecule has 0 aliphatic rings. The van der Waals surface area contributed by atoms with Gasteiger partial charge in [-0.3, -0.25) is 20.9 Å².